The highest BCUT2D eigenvalue weighted by Crippen LogP contribution is 2.36. The minimum Gasteiger partial charge on any atom is -0.401 e. The van der Waals surface area contributed by atoms with E-state index in [1.165, 1.54) is 5.57 Å². The van der Waals surface area contributed by atoms with E-state index in [1.54, 1.807) is 0 Å². The van der Waals surface area contributed by atoms with E-state index in [1.807, 2.05) is 0 Å². The van der Waals surface area contributed by atoms with Gasteiger partial charge in [-0.15, -0.1) is 0 Å². The van der Waals surface area contributed by atoms with Crippen molar-refractivity contribution in [2.45, 2.75) is 17.3 Å². The lowest BCUT2D eigenvalue weighted by atomic mass is 9.99. The summed E-state index contributed by atoms with van der Waals surface area (Å²) in [5.74, 6) is 0.536. The van der Waals surface area contributed by atoms with Crippen LogP contribution in [0.25, 0.3) is 0 Å². The lowest BCUT2D eigenvalue weighted by molar-refractivity contribution is 0.895. The van der Waals surface area contributed by atoms with Crippen molar-refractivity contribution in [1.82, 2.24) is 0 Å². The first-order chi connectivity index (χ1) is 5.44. The molecule has 2 atom stereocenters. The Morgan fingerprint density at radius 2 is 2.33 bits per heavy atom. The predicted octanol–water partition coefficient (Wildman–Crippen LogP) is 2.78. The van der Waals surface area contributed by atoms with Gasteiger partial charge in [-0.1, -0.05) is 54.3 Å². The van der Waals surface area contributed by atoms with Crippen LogP contribution in [0.15, 0.2) is 36.1 Å². The summed E-state index contributed by atoms with van der Waals surface area (Å²) in [6.07, 6.45) is 6.54. The van der Waals surface area contributed by atoms with Crippen molar-refractivity contribution >= 4 is 22.6 Å². The number of nitrogens with two attached hydrogens (primary N) is 1. The van der Waals surface area contributed by atoms with Gasteiger partial charge in [0.05, 0.1) is 3.42 Å². The molecular formula is C10H14IN. The second-order valence-corrected chi connectivity index (χ2v) is 5.53. The fourth-order valence-corrected chi connectivity index (χ4v) is 1.51. The van der Waals surface area contributed by atoms with Crippen LogP contribution >= 0.6 is 22.6 Å². The molecule has 0 heterocycles. The maximum absolute atomic E-state index is 5.72. The Bertz CT molecular complexity index is 261. The van der Waals surface area contributed by atoms with Crippen molar-refractivity contribution < 1.29 is 0 Å². The molecule has 2 N–H and O–H groups in total. The third-order valence-corrected chi connectivity index (χ3v) is 3.48. The molecule has 0 aromatic heterocycles. The highest BCUT2D eigenvalue weighted by Gasteiger charge is 2.27. The van der Waals surface area contributed by atoms with Gasteiger partial charge in [-0.3, -0.25) is 0 Å². The number of hydrogen-bond donors (Lipinski definition) is 1. The van der Waals surface area contributed by atoms with Gasteiger partial charge >= 0.3 is 0 Å². The maximum atomic E-state index is 5.72. The molecule has 2 heteroatoms. The molecule has 1 nitrogen and oxygen atoms in total. The largest absolute Gasteiger partial charge is 0.401 e. The number of halogens is 1. The van der Waals surface area contributed by atoms with Crippen molar-refractivity contribution in [1.29, 1.82) is 0 Å². The molecule has 1 rings (SSSR count). The minimum absolute atomic E-state index is 0.112. The van der Waals surface area contributed by atoms with E-state index in [2.05, 4.69) is 61.2 Å². The lowest BCUT2D eigenvalue weighted by Gasteiger charge is -2.23. The highest BCUT2D eigenvalue weighted by molar-refractivity contribution is 14.1. The fourth-order valence-electron chi connectivity index (χ4n) is 1.15. The Morgan fingerprint density at radius 1 is 1.75 bits per heavy atom. The van der Waals surface area contributed by atoms with Gasteiger partial charge in [0, 0.05) is 5.70 Å². The van der Waals surface area contributed by atoms with Crippen LogP contribution in [0.3, 0.4) is 0 Å². The molecular weight excluding hydrogens is 261 g/mol. The van der Waals surface area contributed by atoms with Gasteiger partial charge in [-0.2, -0.15) is 0 Å². The van der Waals surface area contributed by atoms with Crippen molar-refractivity contribution in [2.75, 3.05) is 0 Å². The van der Waals surface area contributed by atoms with Crippen molar-refractivity contribution in [2.24, 2.45) is 11.7 Å². The summed E-state index contributed by atoms with van der Waals surface area (Å²) >= 11 is 2.33. The van der Waals surface area contributed by atoms with Gasteiger partial charge < -0.3 is 5.73 Å². The number of rotatable bonds is 2. The quantitative estimate of drug-likeness (QED) is 0.608. The molecule has 2 unspecified atom stereocenters. The van der Waals surface area contributed by atoms with Crippen LogP contribution in [-0.2, 0) is 0 Å². The standard InChI is InChI=1S/C10H14IN/c1-7-4-5-9(6-7)10(3,11)8(2)12/h4-7H,2,12H2,1,3H3. The molecule has 0 saturated carbocycles. The molecule has 66 valence electrons. The smallest absolute Gasteiger partial charge is 0.0825 e. The Labute approximate surface area is 87.6 Å². The fraction of sp³-hybridized carbons (Fsp3) is 0.400. The molecule has 0 fully saturated rings. The lowest BCUT2D eigenvalue weighted by Crippen LogP contribution is -2.25. The van der Waals surface area contributed by atoms with Gasteiger partial charge in [-0.05, 0) is 18.4 Å². The molecule has 0 radical (unpaired) electrons. The predicted molar refractivity (Wildman–Crippen MR) is 62.1 cm³/mol. The molecule has 0 amide bonds. The Hall–Kier alpha value is -0.250. The van der Waals surface area contributed by atoms with Crippen LogP contribution in [0.1, 0.15) is 13.8 Å². The normalized spacial score (nSPS) is 26.6. The summed E-state index contributed by atoms with van der Waals surface area (Å²) in [5, 5.41) is 0. The van der Waals surface area contributed by atoms with Gasteiger partial charge in [0.1, 0.15) is 0 Å². The topological polar surface area (TPSA) is 26.0 Å². The van der Waals surface area contributed by atoms with Crippen molar-refractivity contribution in [3.05, 3.63) is 36.1 Å². The average molecular weight is 275 g/mol. The zero-order valence-electron chi connectivity index (χ0n) is 7.47. The molecule has 0 aromatic carbocycles. The summed E-state index contributed by atoms with van der Waals surface area (Å²) in [5.41, 5.74) is 7.70. The molecule has 0 aliphatic heterocycles. The molecule has 1 aliphatic carbocycles. The number of hydrogen-bond acceptors (Lipinski definition) is 1. The second kappa shape index (κ2) is 3.24. The highest BCUT2D eigenvalue weighted by atomic mass is 127. The van der Waals surface area contributed by atoms with Gasteiger partial charge in [-0.25, -0.2) is 0 Å². The van der Waals surface area contributed by atoms with E-state index >= 15 is 0 Å². The molecule has 12 heavy (non-hydrogen) atoms. The van der Waals surface area contributed by atoms with Crippen LogP contribution in [-0.4, -0.2) is 3.42 Å². The van der Waals surface area contributed by atoms with Crippen molar-refractivity contribution in [3.63, 3.8) is 0 Å². The average Bonchev–Trinajstić information content (AvgIpc) is 2.35. The third kappa shape index (κ3) is 1.73. The van der Waals surface area contributed by atoms with Crippen molar-refractivity contribution in [3.8, 4) is 0 Å². The van der Waals surface area contributed by atoms with Crippen LogP contribution in [0.4, 0.5) is 0 Å². The van der Waals surface area contributed by atoms with Gasteiger partial charge in [0.2, 0.25) is 0 Å². The zero-order valence-corrected chi connectivity index (χ0v) is 9.63. The van der Waals surface area contributed by atoms with E-state index in [9.17, 15) is 0 Å². The Kier molecular flexibility index (Phi) is 2.66. The van der Waals surface area contributed by atoms with E-state index in [0.29, 0.717) is 11.6 Å². The molecule has 0 aromatic rings. The summed E-state index contributed by atoms with van der Waals surface area (Å²) < 4.78 is -0.112. The van der Waals surface area contributed by atoms with Crippen LogP contribution in [0, 0.1) is 5.92 Å². The summed E-state index contributed by atoms with van der Waals surface area (Å²) in [7, 11) is 0. The first kappa shape index (κ1) is 9.84. The van der Waals surface area contributed by atoms with E-state index in [-0.39, 0.29) is 3.42 Å². The Morgan fingerprint density at radius 3 is 2.67 bits per heavy atom. The summed E-state index contributed by atoms with van der Waals surface area (Å²) in [6.45, 7) is 8.04. The summed E-state index contributed by atoms with van der Waals surface area (Å²) in [4.78, 5) is 0. The zero-order chi connectivity index (χ0) is 9.35. The first-order valence-electron chi connectivity index (χ1n) is 3.99. The first-order valence-corrected chi connectivity index (χ1v) is 5.06. The van der Waals surface area contributed by atoms with E-state index < -0.39 is 0 Å². The maximum Gasteiger partial charge on any atom is 0.0825 e. The van der Waals surface area contributed by atoms with Crippen LogP contribution in [0.5, 0.6) is 0 Å². The van der Waals surface area contributed by atoms with E-state index in [0.717, 1.165) is 0 Å². The monoisotopic (exact) mass is 275 g/mol. The van der Waals surface area contributed by atoms with Crippen LogP contribution < -0.4 is 5.73 Å². The minimum atomic E-state index is -0.112. The third-order valence-electron chi connectivity index (χ3n) is 2.17. The number of allylic oxidation sites excluding steroid dienone is 4. The van der Waals surface area contributed by atoms with Gasteiger partial charge in [0.15, 0.2) is 0 Å². The van der Waals surface area contributed by atoms with E-state index in [4.69, 9.17) is 5.73 Å². The molecule has 1 aliphatic rings. The molecule has 0 bridgehead atoms. The summed E-state index contributed by atoms with van der Waals surface area (Å²) in [6, 6.07) is 0. The SMILES string of the molecule is C=C(N)C(C)(I)C1=CC(C)C=C1. The van der Waals surface area contributed by atoms with Crippen LogP contribution in [0.2, 0.25) is 0 Å². The molecule has 0 spiro atoms. The Balaban J connectivity index is 2.91. The number of alkyl halides is 1. The second-order valence-electron chi connectivity index (χ2n) is 3.37. The van der Waals surface area contributed by atoms with Gasteiger partial charge in [0.25, 0.3) is 0 Å². The molecule has 0 saturated heterocycles.